The Morgan fingerprint density at radius 3 is 2.43 bits per heavy atom. The van der Waals surface area contributed by atoms with Crippen LogP contribution in [0.2, 0.25) is 0 Å². The fraction of sp³-hybridized carbons (Fsp3) is 0.455. The summed E-state index contributed by atoms with van der Waals surface area (Å²) in [6.45, 7) is 7.97. The highest BCUT2D eigenvalue weighted by molar-refractivity contribution is 5.96. The number of methoxy groups -OCH3 is 1. The van der Waals surface area contributed by atoms with Crippen LogP contribution in [0.4, 0.5) is 4.79 Å². The summed E-state index contributed by atoms with van der Waals surface area (Å²) in [6.07, 6.45) is 7.11. The van der Waals surface area contributed by atoms with E-state index in [0.29, 0.717) is 5.56 Å². The van der Waals surface area contributed by atoms with Crippen LogP contribution >= 0.6 is 0 Å². The summed E-state index contributed by atoms with van der Waals surface area (Å²) in [7, 11) is 1.56. The Morgan fingerprint density at radius 1 is 1.18 bits per heavy atom. The number of amides is 2. The number of nitrogens with zero attached hydrogens (tertiary/aromatic N) is 1. The van der Waals surface area contributed by atoms with Crippen LogP contribution in [-0.4, -0.2) is 42.9 Å². The van der Waals surface area contributed by atoms with Gasteiger partial charge in [0.05, 0.1) is 12.1 Å². The third-order valence-electron chi connectivity index (χ3n) is 4.47. The number of rotatable bonds is 6. The summed E-state index contributed by atoms with van der Waals surface area (Å²) in [5.41, 5.74) is 5.35. The summed E-state index contributed by atoms with van der Waals surface area (Å²) in [5.74, 6) is -0.314. The number of hydrogen-bond donors (Lipinski definition) is 1. The number of allylic oxidation sites excluding steroid dienone is 3. The molecule has 0 atom stereocenters. The first kappa shape index (κ1) is 21.7. The van der Waals surface area contributed by atoms with Crippen molar-refractivity contribution in [2.75, 3.05) is 20.3 Å². The lowest BCUT2D eigenvalue weighted by Crippen LogP contribution is -2.59. The minimum absolute atomic E-state index is 0.201. The smallest absolute Gasteiger partial charge is 0.426 e. The maximum atomic E-state index is 13.2. The van der Waals surface area contributed by atoms with Crippen LogP contribution in [0.5, 0.6) is 0 Å². The Morgan fingerprint density at radius 2 is 1.86 bits per heavy atom. The summed E-state index contributed by atoms with van der Waals surface area (Å²) in [6, 6.07) is 5.60. The quantitative estimate of drug-likeness (QED) is 0.748. The van der Waals surface area contributed by atoms with Gasteiger partial charge >= 0.3 is 6.09 Å². The van der Waals surface area contributed by atoms with Crippen molar-refractivity contribution in [2.45, 2.75) is 46.1 Å². The lowest BCUT2D eigenvalue weighted by atomic mass is 10.0. The van der Waals surface area contributed by atoms with Crippen molar-refractivity contribution >= 4 is 12.0 Å². The van der Waals surface area contributed by atoms with E-state index in [2.05, 4.69) is 11.5 Å². The standard InChI is InChI=1S/C22H30N2O4/c1-16-11-17(2)13-19(12-16)20(25)24(22(3,4)15-27-5)23-21(26)28-14-18-9-7-6-8-10-18/h6-7,9,11-13H,8,10,14-15H2,1-5H3,(H,23,26). The van der Waals surface area contributed by atoms with Gasteiger partial charge in [-0.1, -0.05) is 35.4 Å². The molecule has 152 valence electrons. The highest BCUT2D eigenvalue weighted by atomic mass is 16.6. The fourth-order valence-corrected chi connectivity index (χ4v) is 3.18. The predicted octanol–water partition coefficient (Wildman–Crippen LogP) is 4.09. The van der Waals surface area contributed by atoms with E-state index in [1.165, 1.54) is 5.01 Å². The third kappa shape index (κ3) is 5.96. The van der Waals surface area contributed by atoms with Gasteiger partial charge in [-0.25, -0.2) is 15.2 Å². The minimum Gasteiger partial charge on any atom is -0.444 e. The second-order valence-corrected chi connectivity index (χ2v) is 7.74. The molecule has 0 saturated heterocycles. The Balaban J connectivity index is 2.16. The molecule has 1 aliphatic carbocycles. The lowest BCUT2D eigenvalue weighted by molar-refractivity contribution is 0.00305. The Bertz CT molecular complexity index is 760. The average Bonchev–Trinajstić information content (AvgIpc) is 2.64. The van der Waals surface area contributed by atoms with E-state index in [-0.39, 0.29) is 19.1 Å². The van der Waals surface area contributed by atoms with Crippen molar-refractivity contribution in [2.24, 2.45) is 0 Å². The van der Waals surface area contributed by atoms with Gasteiger partial charge in [0.15, 0.2) is 0 Å². The van der Waals surface area contributed by atoms with Crippen molar-refractivity contribution in [1.82, 2.24) is 10.4 Å². The topological polar surface area (TPSA) is 67.9 Å². The van der Waals surface area contributed by atoms with Crippen molar-refractivity contribution in [3.05, 3.63) is 58.7 Å². The van der Waals surface area contributed by atoms with Gasteiger partial charge in [0.2, 0.25) is 0 Å². The molecular weight excluding hydrogens is 356 g/mol. The normalized spacial score (nSPS) is 13.7. The molecule has 0 saturated carbocycles. The van der Waals surface area contributed by atoms with Crippen LogP contribution in [-0.2, 0) is 9.47 Å². The van der Waals surface area contributed by atoms with Gasteiger partial charge in [-0.2, -0.15) is 0 Å². The number of aryl methyl sites for hydroxylation is 2. The zero-order valence-corrected chi connectivity index (χ0v) is 17.4. The summed E-state index contributed by atoms with van der Waals surface area (Å²) in [4.78, 5) is 25.6. The van der Waals surface area contributed by atoms with Crippen LogP contribution in [0.3, 0.4) is 0 Å². The molecule has 28 heavy (non-hydrogen) atoms. The van der Waals surface area contributed by atoms with Gasteiger partial charge < -0.3 is 9.47 Å². The molecule has 6 nitrogen and oxygen atoms in total. The van der Waals surface area contributed by atoms with Crippen LogP contribution in [0.1, 0.15) is 48.2 Å². The molecule has 2 rings (SSSR count). The van der Waals surface area contributed by atoms with Crippen LogP contribution in [0, 0.1) is 13.8 Å². The van der Waals surface area contributed by atoms with E-state index >= 15 is 0 Å². The first-order chi connectivity index (χ1) is 13.2. The van der Waals surface area contributed by atoms with Gasteiger partial charge in [0.1, 0.15) is 6.61 Å². The summed E-state index contributed by atoms with van der Waals surface area (Å²) in [5, 5.41) is 1.29. The number of hydrazine groups is 1. The van der Waals surface area contributed by atoms with E-state index < -0.39 is 11.6 Å². The Labute approximate surface area is 167 Å². The van der Waals surface area contributed by atoms with Crippen molar-refractivity contribution in [3.63, 3.8) is 0 Å². The third-order valence-corrected chi connectivity index (χ3v) is 4.47. The second kappa shape index (κ2) is 9.55. The molecule has 1 N–H and O–H groups in total. The molecule has 1 aliphatic rings. The maximum absolute atomic E-state index is 13.2. The molecule has 2 amide bonds. The first-order valence-electron chi connectivity index (χ1n) is 9.43. The minimum atomic E-state index is -0.769. The number of carbonyl (C=O) groups excluding carboxylic acids is 2. The average molecular weight is 386 g/mol. The predicted molar refractivity (Wildman–Crippen MR) is 109 cm³/mol. The van der Waals surface area contributed by atoms with Gasteiger partial charge in [-0.05, 0) is 58.2 Å². The van der Waals surface area contributed by atoms with Gasteiger partial charge in [0.25, 0.3) is 5.91 Å². The van der Waals surface area contributed by atoms with E-state index in [0.717, 1.165) is 29.5 Å². The number of ether oxygens (including phenoxy) is 2. The van der Waals surface area contributed by atoms with Crippen LogP contribution in [0.15, 0.2) is 42.0 Å². The number of hydrogen-bond acceptors (Lipinski definition) is 4. The monoisotopic (exact) mass is 386 g/mol. The van der Waals surface area contributed by atoms with E-state index in [1.54, 1.807) is 19.2 Å². The van der Waals surface area contributed by atoms with Crippen LogP contribution in [0.25, 0.3) is 0 Å². The molecule has 0 fully saturated rings. The maximum Gasteiger partial charge on any atom is 0.426 e. The largest absolute Gasteiger partial charge is 0.444 e. The van der Waals surface area contributed by atoms with Gasteiger partial charge in [0, 0.05) is 12.7 Å². The SMILES string of the molecule is COCC(C)(C)N(NC(=O)OCC1=CC=CCC1)C(=O)c1cc(C)cc(C)c1. The van der Waals surface area contributed by atoms with E-state index in [9.17, 15) is 9.59 Å². The molecule has 0 aliphatic heterocycles. The van der Waals surface area contributed by atoms with Gasteiger partial charge in [-0.15, -0.1) is 0 Å². The molecule has 0 unspecified atom stereocenters. The first-order valence-corrected chi connectivity index (χ1v) is 9.43. The summed E-state index contributed by atoms with van der Waals surface area (Å²) < 4.78 is 10.6. The molecule has 0 bridgehead atoms. The number of nitrogens with one attached hydrogen (secondary N) is 1. The Kier molecular flexibility index (Phi) is 7.40. The zero-order chi connectivity index (χ0) is 20.7. The molecule has 0 aromatic heterocycles. The van der Waals surface area contributed by atoms with Crippen LogP contribution < -0.4 is 5.43 Å². The summed E-state index contributed by atoms with van der Waals surface area (Å²) >= 11 is 0. The molecular formula is C22H30N2O4. The van der Waals surface area contributed by atoms with Gasteiger partial charge in [-0.3, -0.25) is 4.79 Å². The van der Waals surface area contributed by atoms with Crippen molar-refractivity contribution < 1.29 is 19.1 Å². The van der Waals surface area contributed by atoms with E-state index in [1.807, 2.05) is 45.9 Å². The second-order valence-electron chi connectivity index (χ2n) is 7.74. The molecule has 1 aromatic rings. The zero-order valence-electron chi connectivity index (χ0n) is 17.4. The number of carbonyl (C=O) groups is 2. The molecule has 0 heterocycles. The lowest BCUT2D eigenvalue weighted by Gasteiger charge is -2.37. The highest BCUT2D eigenvalue weighted by Gasteiger charge is 2.34. The molecule has 0 radical (unpaired) electrons. The highest BCUT2D eigenvalue weighted by Crippen LogP contribution is 2.19. The Hall–Kier alpha value is -2.60. The molecule has 1 aromatic carbocycles. The van der Waals surface area contributed by atoms with E-state index in [4.69, 9.17) is 9.47 Å². The molecule has 6 heteroatoms. The van der Waals surface area contributed by atoms with Crippen molar-refractivity contribution in [3.8, 4) is 0 Å². The fourth-order valence-electron chi connectivity index (χ4n) is 3.18. The number of benzene rings is 1. The molecule has 0 spiro atoms. The van der Waals surface area contributed by atoms with Crippen molar-refractivity contribution in [1.29, 1.82) is 0 Å².